The standard InChI is InChI=1S/C21H23N3O7/c1-11-7-15(23-31-11)20(27)22-12-3-6-17-14(8-12)21(28)24(2)16-5-4-13(9-19(25)26)30-18(16)10-29-17/h3,6-8,13,16,18H,4-5,9-10H2,1-2H3,(H,22,27)(H,25,26)/t13-,16-,18+/m1/s1. The molecule has 2 N–H and O–H groups in total. The summed E-state index contributed by atoms with van der Waals surface area (Å²) in [4.78, 5) is 38.1. The van der Waals surface area contributed by atoms with E-state index in [-0.39, 0.29) is 30.7 Å². The lowest BCUT2D eigenvalue weighted by Crippen LogP contribution is -2.53. The first kappa shape index (κ1) is 20.9. The summed E-state index contributed by atoms with van der Waals surface area (Å²) in [5.74, 6) is -0.744. The van der Waals surface area contributed by atoms with Crippen molar-refractivity contribution in [2.75, 3.05) is 19.0 Å². The number of likely N-dealkylation sites (N-methyl/N-ethyl adjacent to an activating group) is 1. The summed E-state index contributed by atoms with van der Waals surface area (Å²) in [5.41, 5.74) is 0.887. The molecule has 0 bridgehead atoms. The topological polar surface area (TPSA) is 131 Å². The predicted molar refractivity (Wildman–Crippen MR) is 107 cm³/mol. The summed E-state index contributed by atoms with van der Waals surface area (Å²) in [6, 6.07) is 6.09. The maximum Gasteiger partial charge on any atom is 0.305 e. The van der Waals surface area contributed by atoms with Crippen LogP contribution in [0, 0.1) is 6.92 Å². The number of hydrogen-bond acceptors (Lipinski definition) is 7. The van der Waals surface area contributed by atoms with E-state index in [1.165, 1.54) is 6.07 Å². The predicted octanol–water partition coefficient (Wildman–Crippen LogP) is 2.09. The highest BCUT2D eigenvalue weighted by Gasteiger charge is 2.39. The molecule has 2 aromatic rings. The highest BCUT2D eigenvalue weighted by molar-refractivity contribution is 6.04. The summed E-state index contributed by atoms with van der Waals surface area (Å²) >= 11 is 0. The smallest absolute Gasteiger partial charge is 0.305 e. The van der Waals surface area contributed by atoms with Crippen molar-refractivity contribution in [1.82, 2.24) is 10.1 Å². The molecule has 164 valence electrons. The average Bonchev–Trinajstić information content (AvgIpc) is 3.17. The van der Waals surface area contributed by atoms with Crippen LogP contribution in [0.4, 0.5) is 5.69 Å². The Bertz CT molecular complexity index is 1020. The summed E-state index contributed by atoms with van der Waals surface area (Å²) in [7, 11) is 1.69. The molecule has 0 spiro atoms. The molecule has 1 saturated heterocycles. The minimum absolute atomic E-state index is 0.0778. The van der Waals surface area contributed by atoms with Gasteiger partial charge in [0.25, 0.3) is 11.8 Å². The first-order valence-electron chi connectivity index (χ1n) is 9.97. The second-order valence-electron chi connectivity index (χ2n) is 7.75. The van der Waals surface area contributed by atoms with E-state index in [1.807, 2.05) is 0 Å². The number of hydrogen-bond donors (Lipinski definition) is 2. The molecule has 1 aromatic heterocycles. The molecule has 2 aliphatic heterocycles. The van der Waals surface area contributed by atoms with E-state index in [2.05, 4.69) is 10.5 Å². The molecule has 1 aromatic carbocycles. The number of carboxylic acid groups (broad SMARTS) is 1. The molecule has 1 fully saturated rings. The molecule has 2 aliphatic rings. The minimum Gasteiger partial charge on any atom is -0.490 e. The Kier molecular flexibility index (Phi) is 5.64. The number of amides is 2. The molecule has 10 heteroatoms. The number of aryl methyl sites for hydroxylation is 1. The number of ether oxygens (including phenoxy) is 2. The quantitative estimate of drug-likeness (QED) is 0.755. The van der Waals surface area contributed by atoms with Crippen molar-refractivity contribution in [3.05, 3.63) is 41.3 Å². The molecule has 0 aliphatic carbocycles. The maximum atomic E-state index is 13.2. The van der Waals surface area contributed by atoms with Crippen molar-refractivity contribution in [2.24, 2.45) is 0 Å². The van der Waals surface area contributed by atoms with Crippen molar-refractivity contribution < 1.29 is 33.5 Å². The van der Waals surface area contributed by atoms with Crippen molar-refractivity contribution in [3.63, 3.8) is 0 Å². The van der Waals surface area contributed by atoms with Crippen LogP contribution in [-0.2, 0) is 9.53 Å². The lowest BCUT2D eigenvalue weighted by Gasteiger charge is -2.42. The Morgan fingerprint density at radius 3 is 2.81 bits per heavy atom. The molecular formula is C21H23N3O7. The van der Waals surface area contributed by atoms with E-state index in [1.54, 1.807) is 37.1 Å². The van der Waals surface area contributed by atoms with Crippen molar-refractivity contribution in [2.45, 2.75) is 44.4 Å². The zero-order chi connectivity index (χ0) is 22.1. The van der Waals surface area contributed by atoms with Crippen LogP contribution < -0.4 is 10.1 Å². The lowest BCUT2D eigenvalue weighted by atomic mass is 9.94. The van der Waals surface area contributed by atoms with E-state index < -0.39 is 24.1 Å². The van der Waals surface area contributed by atoms with E-state index in [0.717, 1.165) is 0 Å². The molecule has 0 saturated carbocycles. The molecule has 3 heterocycles. The normalized spacial score (nSPS) is 23.1. The highest BCUT2D eigenvalue weighted by Crippen LogP contribution is 2.32. The van der Waals surface area contributed by atoms with Crippen LogP contribution >= 0.6 is 0 Å². The SMILES string of the molecule is Cc1cc(C(=O)Nc2ccc3c(c2)C(=O)N(C)[C@@H]2CC[C@H](CC(=O)O)O[C@H]2CO3)no1. The molecule has 4 rings (SSSR count). The first-order chi connectivity index (χ1) is 14.8. The van der Waals surface area contributed by atoms with Gasteiger partial charge in [0.1, 0.15) is 24.2 Å². The van der Waals surface area contributed by atoms with Gasteiger partial charge in [0.15, 0.2) is 5.69 Å². The van der Waals surface area contributed by atoms with Crippen LogP contribution in [0.15, 0.2) is 28.8 Å². The fraction of sp³-hybridized carbons (Fsp3) is 0.429. The van der Waals surface area contributed by atoms with Gasteiger partial charge in [-0.05, 0) is 38.0 Å². The van der Waals surface area contributed by atoms with E-state index in [9.17, 15) is 14.4 Å². The number of carbonyl (C=O) groups excluding carboxylic acids is 2. The molecule has 3 atom stereocenters. The number of carbonyl (C=O) groups is 3. The Balaban J connectivity index is 1.53. The number of anilines is 1. The third kappa shape index (κ3) is 4.38. The van der Waals surface area contributed by atoms with Crippen LogP contribution in [0.1, 0.15) is 45.9 Å². The zero-order valence-corrected chi connectivity index (χ0v) is 17.2. The number of carboxylic acids is 1. The summed E-state index contributed by atoms with van der Waals surface area (Å²) in [6.45, 7) is 1.88. The van der Waals surface area contributed by atoms with Gasteiger partial charge in [-0.25, -0.2) is 0 Å². The third-order valence-electron chi connectivity index (χ3n) is 5.53. The van der Waals surface area contributed by atoms with Gasteiger partial charge in [-0.3, -0.25) is 14.4 Å². The van der Waals surface area contributed by atoms with Crippen LogP contribution in [-0.4, -0.2) is 64.9 Å². The number of rotatable bonds is 4. The summed E-state index contributed by atoms with van der Waals surface area (Å²) in [6.07, 6.45) is 0.264. The Morgan fingerprint density at radius 1 is 1.29 bits per heavy atom. The molecule has 2 amide bonds. The molecule has 0 radical (unpaired) electrons. The summed E-state index contributed by atoms with van der Waals surface area (Å²) in [5, 5.41) is 15.4. The number of aromatic nitrogens is 1. The van der Waals surface area contributed by atoms with Gasteiger partial charge in [-0.15, -0.1) is 0 Å². The van der Waals surface area contributed by atoms with Crippen LogP contribution in [0.25, 0.3) is 0 Å². The monoisotopic (exact) mass is 429 g/mol. The van der Waals surface area contributed by atoms with Crippen molar-refractivity contribution in [3.8, 4) is 5.75 Å². The number of nitrogens with zero attached hydrogens (tertiary/aromatic N) is 2. The molecule has 10 nitrogen and oxygen atoms in total. The fourth-order valence-corrected chi connectivity index (χ4v) is 3.97. The maximum absolute atomic E-state index is 13.2. The Labute approximate surface area is 178 Å². The van der Waals surface area contributed by atoms with Gasteiger partial charge < -0.3 is 29.3 Å². The molecular weight excluding hydrogens is 406 g/mol. The third-order valence-corrected chi connectivity index (χ3v) is 5.53. The van der Waals surface area contributed by atoms with E-state index >= 15 is 0 Å². The second kappa shape index (κ2) is 8.38. The first-order valence-corrected chi connectivity index (χ1v) is 9.97. The number of fused-ring (bicyclic) bond motifs is 2. The fourth-order valence-electron chi connectivity index (χ4n) is 3.97. The summed E-state index contributed by atoms with van der Waals surface area (Å²) < 4.78 is 16.7. The Morgan fingerprint density at radius 2 is 2.10 bits per heavy atom. The lowest BCUT2D eigenvalue weighted by molar-refractivity contribution is -0.148. The Hall–Kier alpha value is -3.40. The van der Waals surface area contributed by atoms with Gasteiger partial charge in [-0.2, -0.15) is 0 Å². The van der Waals surface area contributed by atoms with E-state index in [4.69, 9.17) is 19.1 Å². The van der Waals surface area contributed by atoms with Gasteiger partial charge in [0, 0.05) is 18.8 Å². The van der Waals surface area contributed by atoms with Crippen LogP contribution in [0.3, 0.4) is 0 Å². The number of nitrogens with one attached hydrogen (secondary N) is 1. The minimum atomic E-state index is -0.916. The van der Waals surface area contributed by atoms with Gasteiger partial charge in [0.05, 0.1) is 24.1 Å². The average molecular weight is 429 g/mol. The highest BCUT2D eigenvalue weighted by atomic mass is 16.5. The number of aliphatic carboxylic acids is 1. The van der Waals surface area contributed by atoms with Gasteiger partial charge >= 0.3 is 5.97 Å². The number of benzene rings is 1. The van der Waals surface area contributed by atoms with Crippen molar-refractivity contribution in [1.29, 1.82) is 0 Å². The van der Waals surface area contributed by atoms with Gasteiger partial charge in [-0.1, -0.05) is 5.16 Å². The van der Waals surface area contributed by atoms with Crippen LogP contribution in [0.2, 0.25) is 0 Å². The zero-order valence-electron chi connectivity index (χ0n) is 17.2. The van der Waals surface area contributed by atoms with Crippen molar-refractivity contribution >= 4 is 23.5 Å². The molecule has 0 unspecified atom stereocenters. The second-order valence-corrected chi connectivity index (χ2v) is 7.75. The molecule has 31 heavy (non-hydrogen) atoms. The largest absolute Gasteiger partial charge is 0.490 e. The van der Waals surface area contributed by atoms with E-state index in [0.29, 0.717) is 35.6 Å². The van der Waals surface area contributed by atoms with Gasteiger partial charge in [0.2, 0.25) is 0 Å². The van der Waals surface area contributed by atoms with Crippen LogP contribution in [0.5, 0.6) is 5.75 Å².